The Morgan fingerprint density at radius 2 is 2.00 bits per heavy atom. The lowest BCUT2D eigenvalue weighted by Gasteiger charge is -2.35. The highest BCUT2D eigenvalue weighted by molar-refractivity contribution is 8.01. The fourth-order valence-electron chi connectivity index (χ4n) is 1.74. The fourth-order valence-corrected chi connectivity index (χ4v) is 6.96. The normalized spacial score (nSPS) is 22.8. The van der Waals surface area contributed by atoms with Gasteiger partial charge in [-0.15, -0.1) is 11.6 Å². The molecule has 1 fully saturated rings. The summed E-state index contributed by atoms with van der Waals surface area (Å²) in [6, 6.07) is 0. The largest absolute Gasteiger partial charge is 0.282 e. The zero-order valence-corrected chi connectivity index (χ0v) is 14.2. The molecule has 0 N–H and O–H groups in total. The quantitative estimate of drug-likeness (QED) is 0.640. The van der Waals surface area contributed by atoms with Gasteiger partial charge in [0.05, 0.1) is 0 Å². The lowest BCUT2D eigenvalue weighted by molar-refractivity contribution is 0.355. The molecule has 1 aliphatic heterocycles. The van der Waals surface area contributed by atoms with Gasteiger partial charge in [-0.25, -0.2) is 8.42 Å². The second-order valence-corrected chi connectivity index (χ2v) is 10.1. The first kappa shape index (κ1) is 17.5. The maximum absolute atomic E-state index is 12.4. The molecule has 0 amide bonds. The Labute approximate surface area is 124 Å². The van der Waals surface area contributed by atoms with E-state index in [1.165, 1.54) is 23.1 Å². The topological polar surface area (TPSA) is 74.8 Å². The minimum Gasteiger partial charge on any atom is -0.227 e. The van der Waals surface area contributed by atoms with Crippen molar-refractivity contribution in [2.24, 2.45) is 0 Å². The van der Waals surface area contributed by atoms with E-state index in [9.17, 15) is 16.8 Å². The Hall–Kier alpha value is 0.460. The van der Waals surface area contributed by atoms with Crippen LogP contribution in [0.5, 0.6) is 0 Å². The van der Waals surface area contributed by atoms with E-state index in [0.29, 0.717) is 18.1 Å². The van der Waals surface area contributed by atoms with E-state index < -0.39 is 25.4 Å². The first-order valence-electron chi connectivity index (χ1n) is 5.77. The van der Waals surface area contributed by atoms with Crippen molar-refractivity contribution in [3.8, 4) is 0 Å². The first-order valence-corrected chi connectivity index (χ1v) is 10.8. The van der Waals surface area contributed by atoms with Crippen LogP contribution >= 0.6 is 23.4 Å². The summed E-state index contributed by atoms with van der Waals surface area (Å²) < 4.78 is 50.5. The van der Waals surface area contributed by atoms with Gasteiger partial charge < -0.3 is 0 Å². The maximum Gasteiger partial charge on any atom is 0.282 e. The first-order chi connectivity index (χ1) is 8.71. The van der Waals surface area contributed by atoms with Crippen LogP contribution in [0.3, 0.4) is 0 Å². The molecule has 10 heteroatoms. The van der Waals surface area contributed by atoms with Crippen LogP contribution in [0, 0.1) is 0 Å². The van der Waals surface area contributed by atoms with E-state index in [-0.39, 0.29) is 18.8 Å². The van der Waals surface area contributed by atoms with Crippen molar-refractivity contribution in [1.29, 1.82) is 0 Å². The van der Waals surface area contributed by atoms with Crippen molar-refractivity contribution in [2.75, 3.05) is 43.8 Å². The molecule has 114 valence electrons. The fraction of sp³-hybridized carbons (Fsp3) is 1.00. The smallest absolute Gasteiger partial charge is 0.227 e. The van der Waals surface area contributed by atoms with Crippen molar-refractivity contribution in [3.63, 3.8) is 0 Å². The highest BCUT2D eigenvalue weighted by atomic mass is 35.5. The molecule has 0 aromatic heterocycles. The van der Waals surface area contributed by atoms with Gasteiger partial charge >= 0.3 is 0 Å². The van der Waals surface area contributed by atoms with Crippen molar-refractivity contribution in [3.05, 3.63) is 0 Å². The predicted molar refractivity (Wildman–Crippen MR) is 79.5 cm³/mol. The summed E-state index contributed by atoms with van der Waals surface area (Å²) in [6.07, 6.45) is 1.61. The maximum atomic E-state index is 12.4. The number of hydrogen-bond donors (Lipinski definition) is 0. The van der Waals surface area contributed by atoms with Crippen molar-refractivity contribution in [1.82, 2.24) is 8.61 Å². The third-order valence-corrected chi connectivity index (χ3v) is 7.87. The van der Waals surface area contributed by atoms with Gasteiger partial charge in [0, 0.05) is 43.8 Å². The van der Waals surface area contributed by atoms with E-state index in [0.717, 1.165) is 10.6 Å². The summed E-state index contributed by atoms with van der Waals surface area (Å²) >= 11 is 7.00. The SMILES string of the molecule is CN(CCCCl)S(=O)(=O)N1CCSCC1S(C)(=O)=O. The lowest BCUT2D eigenvalue weighted by atomic mass is 10.5. The van der Waals surface area contributed by atoms with Crippen molar-refractivity contribution in [2.45, 2.75) is 11.8 Å². The Balaban J connectivity index is 2.96. The number of alkyl halides is 1. The molecule has 0 bridgehead atoms. The average molecular weight is 351 g/mol. The number of sulfone groups is 1. The molecule has 1 saturated heterocycles. The average Bonchev–Trinajstić information content (AvgIpc) is 2.34. The zero-order valence-electron chi connectivity index (χ0n) is 11.0. The molecule has 0 spiro atoms. The molecular formula is C9H19ClN2O4S3. The molecule has 1 heterocycles. The highest BCUT2D eigenvalue weighted by Gasteiger charge is 2.40. The molecule has 1 rings (SSSR count). The van der Waals surface area contributed by atoms with Gasteiger partial charge in [0.25, 0.3) is 10.2 Å². The van der Waals surface area contributed by atoms with Crippen LogP contribution in [0.15, 0.2) is 0 Å². The molecule has 6 nitrogen and oxygen atoms in total. The van der Waals surface area contributed by atoms with Crippen LogP contribution in [0.4, 0.5) is 0 Å². The zero-order chi connectivity index (χ0) is 14.7. The van der Waals surface area contributed by atoms with Crippen molar-refractivity contribution < 1.29 is 16.8 Å². The van der Waals surface area contributed by atoms with Crippen LogP contribution in [-0.4, -0.2) is 74.6 Å². The predicted octanol–water partition coefficient (Wildman–Crippen LogP) is 0.211. The van der Waals surface area contributed by atoms with E-state index in [1.807, 2.05) is 0 Å². The number of halogens is 1. The Morgan fingerprint density at radius 3 is 2.53 bits per heavy atom. The van der Waals surface area contributed by atoms with E-state index in [2.05, 4.69) is 0 Å². The summed E-state index contributed by atoms with van der Waals surface area (Å²) in [6.45, 7) is 0.502. The molecule has 1 atom stereocenters. The minimum atomic E-state index is -3.75. The Morgan fingerprint density at radius 1 is 1.37 bits per heavy atom. The van der Waals surface area contributed by atoms with Gasteiger partial charge in [-0.2, -0.15) is 28.8 Å². The van der Waals surface area contributed by atoms with E-state index >= 15 is 0 Å². The number of thioether (sulfide) groups is 1. The number of rotatable bonds is 6. The standard InChI is InChI=1S/C9H19ClN2O4S3/c1-11(5-3-4-10)19(15,16)12-6-7-17-8-9(12)18(2,13)14/h9H,3-8H2,1-2H3. The molecule has 1 unspecified atom stereocenters. The number of hydrogen-bond acceptors (Lipinski definition) is 5. The van der Waals surface area contributed by atoms with Crippen LogP contribution in [0.25, 0.3) is 0 Å². The molecule has 0 aromatic carbocycles. The van der Waals surface area contributed by atoms with Gasteiger partial charge in [0.2, 0.25) is 0 Å². The summed E-state index contributed by atoms with van der Waals surface area (Å²) in [4.78, 5) is 0. The van der Waals surface area contributed by atoms with Crippen molar-refractivity contribution >= 4 is 43.4 Å². The third-order valence-electron chi connectivity index (χ3n) is 2.83. The number of nitrogens with zero attached hydrogens (tertiary/aromatic N) is 2. The van der Waals surface area contributed by atoms with Crippen LogP contribution in [0.2, 0.25) is 0 Å². The summed E-state index contributed by atoms with van der Waals surface area (Å²) in [5.74, 6) is 1.25. The summed E-state index contributed by atoms with van der Waals surface area (Å²) in [5, 5.41) is -0.977. The van der Waals surface area contributed by atoms with Crippen LogP contribution in [-0.2, 0) is 20.0 Å². The van der Waals surface area contributed by atoms with Gasteiger partial charge in [-0.05, 0) is 6.42 Å². The second kappa shape index (κ2) is 6.95. The lowest BCUT2D eigenvalue weighted by Crippen LogP contribution is -2.54. The Bertz CT molecular complexity index is 494. The van der Waals surface area contributed by atoms with Gasteiger partial charge in [0.1, 0.15) is 5.37 Å². The summed E-state index contributed by atoms with van der Waals surface area (Å²) in [7, 11) is -5.74. The van der Waals surface area contributed by atoms with Gasteiger partial charge in [0.15, 0.2) is 9.84 Å². The van der Waals surface area contributed by atoms with Gasteiger partial charge in [-0.1, -0.05) is 0 Å². The molecule has 1 aliphatic rings. The molecule has 0 radical (unpaired) electrons. The highest BCUT2D eigenvalue weighted by Crippen LogP contribution is 2.24. The molecule has 19 heavy (non-hydrogen) atoms. The molecule has 0 aliphatic carbocycles. The molecule has 0 aromatic rings. The second-order valence-electron chi connectivity index (χ2n) is 4.34. The molecule has 0 saturated carbocycles. The summed E-state index contributed by atoms with van der Waals surface area (Å²) in [5.41, 5.74) is 0. The molecular weight excluding hydrogens is 332 g/mol. The van der Waals surface area contributed by atoms with Crippen LogP contribution < -0.4 is 0 Å². The van der Waals surface area contributed by atoms with Crippen LogP contribution in [0.1, 0.15) is 6.42 Å². The minimum absolute atomic E-state index is 0.218. The van der Waals surface area contributed by atoms with E-state index in [4.69, 9.17) is 11.6 Å². The van der Waals surface area contributed by atoms with E-state index in [1.54, 1.807) is 0 Å². The Kier molecular flexibility index (Phi) is 6.40. The third kappa shape index (κ3) is 4.47. The van der Waals surface area contributed by atoms with Gasteiger partial charge in [-0.3, -0.25) is 0 Å². The monoisotopic (exact) mass is 350 g/mol.